The molecule has 2 unspecified atom stereocenters. The summed E-state index contributed by atoms with van der Waals surface area (Å²) >= 11 is 1.71. The van der Waals surface area contributed by atoms with Crippen molar-refractivity contribution >= 4 is 11.8 Å². The SMILES string of the molecule is CC(C)(C)C(O)CC1(C#N)CCCS1. The Hall–Kier alpha value is -0.200. The van der Waals surface area contributed by atoms with Crippen molar-refractivity contribution < 1.29 is 5.11 Å². The van der Waals surface area contributed by atoms with E-state index in [-0.39, 0.29) is 16.3 Å². The van der Waals surface area contributed by atoms with Crippen LogP contribution in [0.3, 0.4) is 0 Å². The standard InChI is InChI=1S/C11H19NOS/c1-10(2,3)9(13)7-11(8-12)5-4-6-14-11/h9,13H,4-7H2,1-3H3. The highest BCUT2D eigenvalue weighted by Crippen LogP contribution is 2.43. The van der Waals surface area contributed by atoms with Crippen LogP contribution in [0.4, 0.5) is 0 Å². The molecule has 3 heteroatoms. The molecule has 0 aliphatic carbocycles. The van der Waals surface area contributed by atoms with Crippen LogP contribution < -0.4 is 0 Å². The Balaban J connectivity index is 2.62. The van der Waals surface area contributed by atoms with Crippen LogP contribution in [0.25, 0.3) is 0 Å². The van der Waals surface area contributed by atoms with Gasteiger partial charge in [0.05, 0.1) is 12.2 Å². The molecule has 14 heavy (non-hydrogen) atoms. The van der Waals surface area contributed by atoms with E-state index in [1.807, 2.05) is 20.8 Å². The maximum atomic E-state index is 9.98. The second-order valence-corrected chi connectivity index (χ2v) is 6.62. The third-order valence-electron chi connectivity index (χ3n) is 2.83. The predicted octanol–water partition coefficient (Wildman–Crippen LogP) is 2.57. The number of aliphatic hydroxyl groups is 1. The van der Waals surface area contributed by atoms with E-state index in [0.717, 1.165) is 18.6 Å². The van der Waals surface area contributed by atoms with Gasteiger partial charge in [0, 0.05) is 6.42 Å². The molecule has 0 bridgehead atoms. The first-order chi connectivity index (χ1) is 6.40. The fourth-order valence-electron chi connectivity index (χ4n) is 1.61. The second kappa shape index (κ2) is 4.12. The molecular formula is C11H19NOS. The Labute approximate surface area is 90.7 Å². The van der Waals surface area contributed by atoms with E-state index in [4.69, 9.17) is 5.26 Å². The molecule has 1 saturated heterocycles. The summed E-state index contributed by atoms with van der Waals surface area (Å²) in [5.41, 5.74) is -0.118. The Morgan fingerprint density at radius 2 is 2.21 bits per heavy atom. The van der Waals surface area contributed by atoms with Gasteiger partial charge >= 0.3 is 0 Å². The number of thioether (sulfide) groups is 1. The first-order valence-corrected chi connectivity index (χ1v) is 6.11. The van der Waals surface area contributed by atoms with Gasteiger partial charge in [-0.3, -0.25) is 0 Å². The van der Waals surface area contributed by atoms with Crippen LogP contribution in [-0.2, 0) is 0 Å². The summed E-state index contributed by atoms with van der Waals surface area (Å²) in [5.74, 6) is 1.06. The molecule has 2 nitrogen and oxygen atoms in total. The normalized spacial score (nSPS) is 29.9. The Morgan fingerprint density at radius 1 is 1.57 bits per heavy atom. The topological polar surface area (TPSA) is 44.0 Å². The van der Waals surface area contributed by atoms with Gasteiger partial charge in [-0.05, 0) is 24.0 Å². The number of hydrogen-bond donors (Lipinski definition) is 1. The van der Waals surface area contributed by atoms with Gasteiger partial charge < -0.3 is 5.11 Å². The molecule has 1 aliphatic rings. The molecule has 2 atom stereocenters. The summed E-state index contributed by atoms with van der Waals surface area (Å²) < 4.78 is -0.313. The van der Waals surface area contributed by atoms with Crippen molar-refractivity contribution in [3.63, 3.8) is 0 Å². The van der Waals surface area contributed by atoms with Crippen molar-refractivity contribution in [3.8, 4) is 6.07 Å². The summed E-state index contributed by atoms with van der Waals surface area (Å²) in [5, 5.41) is 19.1. The third kappa shape index (κ3) is 2.65. The van der Waals surface area contributed by atoms with Crippen LogP contribution in [0.15, 0.2) is 0 Å². The van der Waals surface area contributed by atoms with Crippen LogP contribution >= 0.6 is 11.8 Å². The van der Waals surface area contributed by atoms with E-state index in [1.165, 1.54) is 0 Å². The highest BCUT2D eigenvalue weighted by Gasteiger charge is 2.39. The van der Waals surface area contributed by atoms with Crippen LogP contribution in [0, 0.1) is 16.7 Å². The lowest BCUT2D eigenvalue weighted by molar-refractivity contribution is 0.0504. The minimum absolute atomic E-state index is 0.118. The van der Waals surface area contributed by atoms with Gasteiger partial charge in [-0.1, -0.05) is 20.8 Å². The molecule has 0 radical (unpaired) electrons. The van der Waals surface area contributed by atoms with Crippen molar-refractivity contribution in [2.45, 2.75) is 50.9 Å². The molecule has 1 rings (SSSR count). The van der Waals surface area contributed by atoms with Crippen molar-refractivity contribution in [2.75, 3.05) is 5.75 Å². The van der Waals surface area contributed by atoms with Gasteiger partial charge in [0.25, 0.3) is 0 Å². The van der Waals surface area contributed by atoms with E-state index in [1.54, 1.807) is 11.8 Å². The van der Waals surface area contributed by atoms with E-state index >= 15 is 0 Å². The van der Waals surface area contributed by atoms with Crippen LogP contribution in [-0.4, -0.2) is 21.7 Å². The monoisotopic (exact) mass is 213 g/mol. The van der Waals surface area contributed by atoms with E-state index in [9.17, 15) is 5.11 Å². The van der Waals surface area contributed by atoms with Crippen molar-refractivity contribution in [1.82, 2.24) is 0 Å². The summed E-state index contributed by atoms with van der Waals surface area (Å²) in [6, 6.07) is 2.38. The molecular weight excluding hydrogens is 194 g/mol. The fraction of sp³-hybridized carbons (Fsp3) is 0.909. The number of hydrogen-bond acceptors (Lipinski definition) is 3. The van der Waals surface area contributed by atoms with Gasteiger partial charge in [-0.15, -0.1) is 11.8 Å². The summed E-state index contributed by atoms with van der Waals surface area (Å²) in [4.78, 5) is 0. The molecule has 0 amide bonds. The minimum Gasteiger partial charge on any atom is -0.392 e. The largest absolute Gasteiger partial charge is 0.392 e. The summed E-state index contributed by atoms with van der Waals surface area (Å²) in [6.45, 7) is 6.05. The number of nitriles is 1. The fourth-order valence-corrected chi connectivity index (χ4v) is 2.92. The first-order valence-electron chi connectivity index (χ1n) is 5.13. The lowest BCUT2D eigenvalue weighted by Gasteiger charge is -2.31. The minimum atomic E-state index is -0.382. The number of nitrogens with zero attached hydrogens (tertiary/aromatic N) is 1. The van der Waals surface area contributed by atoms with Crippen molar-refractivity contribution in [3.05, 3.63) is 0 Å². The third-order valence-corrected chi connectivity index (χ3v) is 4.34. The van der Waals surface area contributed by atoms with Crippen LogP contribution in [0.1, 0.15) is 40.0 Å². The highest BCUT2D eigenvalue weighted by molar-refractivity contribution is 8.01. The van der Waals surface area contributed by atoms with E-state index in [0.29, 0.717) is 6.42 Å². The van der Waals surface area contributed by atoms with Crippen LogP contribution in [0.5, 0.6) is 0 Å². The number of aliphatic hydroxyl groups excluding tert-OH is 1. The summed E-state index contributed by atoms with van der Waals surface area (Å²) in [6.07, 6.45) is 2.27. The smallest absolute Gasteiger partial charge is 0.105 e. The molecule has 80 valence electrons. The molecule has 1 fully saturated rings. The highest BCUT2D eigenvalue weighted by atomic mass is 32.2. The van der Waals surface area contributed by atoms with E-state index in [2.05, 4.69) is 6.07 Å². The Bertz CT molecular complexity index is 233. The van der Waals surface area contributed by atoms with Crippen LogP contribution in [0.2, 0.25) is 0 Å². The lowest BCUT2D eigenvalue weighted by atomic mass is 9.82. The molecule has 1 heterocycles. The first kappa shape index (κ1) is 11.9. The maximum absolute atomic E-state index is 9.98. The van der Waals surface area contributed by atoms with Gasteiger partial charge in [-0.2, -0.15) is 5.26 Å². The van der Waals surface area contributed by atoms with Gasteiger partial charge in [0.2, 0.25) is 0 Å². The Kier molecular flexibility index (Phi) is 3.49. The zero-order valence-corrected chi connectivity index (χ0v) is 10.0. The number of rotatable bonds is 2. The predicted molar refractivity (Wildman–Crippen MR) is 60.1 cm³/mol. The van der Waals surface area contributed by atoms with Crippen molar-refractivity contribution in [2.24, 2.45) is 5.41 Å². The van der Waals surface area contributed by atoms with Gasteiger partial charge in [0.15, 0.2) is 0 Å². The molecule has 0 aromatic rings. The quantitative estimate of drug-likeness (QED) is 0.766. The Morgan fingerprint density at radius 3 is 2.57 bits per heavy atom. The molecule has 1 N–H and O–H groups in total. The summed E-state index contributed by atoms with van der Waals surface area (Å²) in [7, 11) is 0. The second-order valence-electron chi connectivity index (χ2n) is 5.14. The molecule has 0 spiro atoms. The zero-order chi connectivity index (χ0) is 10.8. The maximum Gasteiger partial charge on any atom is 0.105 e. The molecule has 0 aromatic carbocycles. The molecule has 0 saturated carbocycles. The lowest BCUT2D eigenvalue weighted by Crippen LogP contribution is -2.34. The molecule has 1 aliphatic heterocycles. The molecule has 0 aromatic heterocycles. The van der Waals surface area contributed by atoms with E-state index < -0.39 is 0 Å². The zero-order valence-electron chi connectivity index (χ0n) is 9.21. The van der Waals surface area contributed by atoms with Gasteiger partial charge in [-0.25, -0.2) is 0 Å². The average Bonchev–Trinajstić information content (AvgIpc) is 2.52. The van der Waals surface area contributed by atoms with Gasteiger partial charge in [0.1, 0.15) is 4.75 Å². The average molecular weight is 213 g/mol. The van der Waals surface area contributed by atoms with Crippen molar-refractivity contribution in [1.29, 1.82) is 5.26 Å².